The maximum absolute atomic E-state index is 10.8. The van der Waals surface area contributed by atoms with Gasteiger partial charge in [0, 0.05) is 23.3 Å². The predicted molar refractivity (Wildman–Crippen MR) is 195 cm³/mol. The predicted octanol–water partition coefficient (Wildman–Crippen LogP) is 11.7. The molecule has 4 nitrogen and oxygen atoms in total. The fourth-order valence-electron chi connectivity index (χ4n) is 6.15. The molecule has 0 radical (unpaired) electrons. The van der Waals surface area contributed by atoms with Crippen molar-refractivity contribution in [3.05, 3.63) is 0 Å². The minimum atomic E-state index is -0.669. The van der Waals surface area contributed by atoms with Crippen LogP contribution in [0.2, 0.25) is 0 Å². The molecule has 0 spiro atoms. The summed E-state index contributed by atoms with van der Waals surface area (Å²) in [5, 5.41) is 19.2. The van der Waals surface area contributed by atoms with Crippen molar-refractivity contribution in [2.24, 2.45) is 0 Å². The number of hydrogen-bond donors (Lipinski definition) is 2. The lowest BCUT2D eigenvalue weighted by Crippen LogP contribution is -2.26. The van der Waals surface area contributed by atoms with Gasteiger partial charge >= 0.3 is 11.9 Å². The third-order valence-corrected chi connectivity index (χ3v) is 14.8. The zero-order valence-corrected chi connectivity index (χ0v) is 30.8. The molecule has 2 unspecified atom stereocenters. The fourth-order valence-corrected chi connectivity index (χ4v) is 12.3. The van der Waals surface area contributed by atoms with Gasteiger partial charge in [-0.3, -0.25) is 9.59 Å². The van der Waals surface area contributed by atoms with Crippen LogP contribution in [0.15, 0.2) is 0 Å². The Hall–Kier alpha value is -0.270. The lowest BCUT2D eigenvalue weighted by atomic mass is 10.0. The summed E-state index contributed by atoms with van der Waals surface area (Å²) in [6.45, 7) is 4.58. The first-order valence-corrected chi connectivity index (χ1v) is 22.0. The Morgan fingerprint density at radius 3 is 1.00 bits per heavy atom. The number of carboxylic acids is 2. The van der Waals surface area contributed by atoms with Crippen LogP contribution in [0.3, 0.4) is 0 Å². The first-order chi connectivity index (χ1) is 21.0. The molecule has 0 aromatic heterocycles. The van der Waals surface area contributed by atoms with Gasteiger partial charge in [0.1, 0.15) is 0 Å². The van der Waals surface area contributed by atoms with Gasteiger partial charge < -0.3 is 10.2 Å². The Labute approximate surface area is 277 Å². The van der Waals surface area contributed by atoms with Crippen molar-refractivity contribution in [2.75, 3.05) is 0 Å². The Morgan fingerprint density at radius 1 is 0.488 bits per heavy atom. The second kappa shape index (κ2) is 33.1. The van der Waals surface area contributed by atoms with Gasteiger partial charge in [-0.1, -0.05) is 155 Å². The van der Waals surface area contributed by atoms with E-state index in [1.807, 2.05) is 0 Å². The van der Waals surface area contributed by atoms with Crippen molar-refractivity contribution in [1.29, 1.82) is 0 Å². The van der Waals surface area contributed by atoms with E-state index in [1.54, 1.807) is 8.88 Å². The highest BCUT2D eigenvalue weighted by molar-refractivity contribution is 8.48. The minimum absolute atomic E-state index is 0.245. The molecule has 7 heteroatoms. The third-order valence-electron chi connectivity index (χ3n) is 8.83. The Balaban J connectivity index is 5.06. The van der Waals surface area contributed by atoms with E-state index in [9.17, 15) is 9.59 Å². The molecule has 0 saturated carbocycles. The highest BCUT2D eigenvalue weighted by Crippen LogP contribution is 2.27. The third kappa shape index (κ3) is 28.9. The molecule has 2 atom stereocenters. The van der Waals surface area contributed by atoms with Gasteiger partial charge in [0.05, 0.1) is 0 Å². The van der Waals surface area contributed by atoms with Crippen LogP contribution in [0.5, 0.6) is 0 Å². The zero-order chi connectivity index (χ0) is 31.8. The molecule has 0 heterocycles. The first-order valence-electron chi connectivity index (χ1n) is 18.4. The lowest BCUT2D eigenvalue weighted by Gasteiger charge is -2.28. The van der Waals surface area contributed by atoms with Crippen LogP contribution in [0.4, 0.5) is 0 Å². The molecular weight excluding hydrogens is 593 g/mol. The van der Waals surface area contributed by atoms with E-state index in [0.717, 1.165) is 49.0 Å². The van der Waals surface area contributed by atoms with Crippen molar-refractivity contribution in [2.45, 2.75) is 217 Å². The maximum Gasteiger partial charge on any atom is 0.303 e. The fraction of sp³-hybridized carbons (Fsp3) is 0.944. The second-order valence-corrected chi connectivity index (χ2v) is 17.8. The number of carbonyl (C=O) groups is 2. The number of rotatable bonds is 34. The summed E-state index contributed by atoms with van der Waals surface area (Å²) in [7, 11) is 2.03. The normalized spacial score (nSPS) is 13.5. The second-order valence-electron chi connectivity index (χ2n) is 12.9. The highest BCUT2D eigenvalue weighted by Gasteiger charge is 2.22. The molecule has 0 aliphatic rings. The Bertz CT molecular complexity index is 657. The molecule has 0 fully saturated rings. The van der Waals surface area contributed by atoms with Gasteiger partial charge in [-0.2, -0.15) is 0 Å². The summed E-state index contributed by atoms with van der Waals surface area (Å²) in [5.41, 5.74) is 0. The molecular formula is C36H70O4S3. The largest absolute Gasteiger partial charge is 0.481 e. The lowest BCUT2D eigenvalue weighted by molar-refractivity contribution is -0.138. The quantitative estimate of drug-likeness (QED) is 0.0671. The molecule has 0 aliphatic carbocycles. The molecule has 0 aromatic carbocycles. The standard InChI is InChI=1S/C36H70O4S3/c1-3-5-7-9-15-21-27-33(29-23-17-11-13-19-25-31-35(37)38)43(42-41)34(28-22-16-10-8-6-4-2)30-24-18-12-14-20-26-32-36(39)40/h33-34H,3-32H2,1-2H3,(H,37,38)(H,39,40). The molecule has 0 saturated heterocycles. The van der Waals surface area contributed by atoms with Gasteiger partial charge in [0.15, 0.2) is 0 Å². The molecule has 0 bridgehead atoms. The van der Waals surface area contributed by atoms with E-state index < -0.39 is 11.9 Å². The molecule has 0 aliphatic heterocycles. The number of carboxylic acid groups (broad SMARTS) is 2. The summed E-state index contributed by atoms with van der Waals surface area (Å²) >= 11 is 5.87. The van der Waals surface area contributed by atoms with E-state index in [1.165, 1.54) is 141 Å². The van der Waals surface area contributed by atoms with Crippen LogP contribution >= 0.6 is 0 Å². The Morgan fingerprint density at radius 2 is 0.744 bits per heavy atom. The van der Waals surface area contributed by atoms with Gasteiger partial charge in [-0.05, 0) is 58.6 Å². The number of unbranched alkanes of at least 4 members (excludes halogenated alkanes) is 20. The van der Waals surface area contributed by atoms with E-state index >= 15 is 0 Å². The van der Waals surface area contributed by atoms with Crippen LogP contribution in [-0.2, 0) is 39.1 Å². The van der Waals surface area contributed by atoms with E-state index in [0.29, 0.717) is 12.8 Å². The summed E-state index contributed by atoms with van der Waals surface area (Å²) in [4.78, 5) is 21.5. The average Bonchev–Trinajstić information content (AvgIpc) is 2.98. The first kappa shape index (κ1) is 42.7. The molecule has 256 valence electrons. The van der Waals surface area contributed by atoms with Crippen LogP contribution in [-0.4, -0.2) is 32.7 Å². The summed E-state index contributed by atoms with van der Waals surface area (Å²) in [6.07, 6.45) is 35.8. The van der Waals surface area contributed by atoms with Gasteiger partial charge in [0.2, 0.25) is 0 Å². The van der Waals surface area contributed by atoms with Gasteiger partial charge in [-0.25, -0.2) is 0 Å². The minimum Gasteiger partial charge on any atom is -0.481 e. The van der Waals surface area contributed by atoms with E-state index in [4.69, 9.17) is 21.4 Å². The van der Waals surface area contributed by atoms with Crippen molar-refractivity contribution in [3.8, 4) is 0 Å². The number of aliphatic carboxylic acids is 2. The number of hydrogen-bond acceptors (Lipinski definition) is 3. The summed E-state index contributed by atoms with van der Waals surface area (Å²) < 4.78 is 0. The Kier molecular flexibility index (Phi) is 32.9. The van der Waals surface area contributed by atoms with E-state index in [-0.39, 0.29) is 9.45 Å². The van der Waals surface area contributed by atoms with Gasteiger partial charge in [-0.15, -0.1) is 9.45 Å². The van der Waals surface area contributed by atoms with Crippen molar-refractivity contribution < 1.29 is 19.8 Å². The van der Waals surface area contributed by atoms with Crippen molar-refractivity contribution in [3.63, 3.8) is 0 Å². The smallest absolute Gasteiger partial charge is 0.303 e. The molecule has 0 rings (SSSR count). The molecule has 0 amide bonds. The zero-order valence-electron chi connectivity index (χ0n) is 28.3. The van der Waals surface area contributed by atoms with Crippen molar-refractivity contribution in [1.82, 2.24) is 0 Å². The topological polar surface area (TPSA) is 74.6 Å². The molecule has 0 aromatic rings. The maximum atomic E-state index is 10.8. The summed E-state index contributed by atoms with van der Waals surface area (Å²) in [6, 6.07) is 0. The van der Waals surface area contributed by atoms with Gasteiger partial charge in [0.25, 0.3) is 0 Å². The highest BCUT2D eigenvalue weighted by atomic mass is 33.1. The monoisotopic (exact) mass is 662 g/mol. The van der Waals surface area contributed by atoms with Crippen LogP contribution in [0.1, 0.15) is 206 Å². The van der Waals surface area contributed by atoms with Crippen LogP contribution < -0.4 is 0 Å². The SMILES string of the molecule is CCCCCCCCC(CCCCCCCCC(=O)O)S(=S=S)C(CCCCCCCC)CCCCCCCCC(=O)O. The average molecular weight is 663 g/mol. The van der Waals surface area contributed by atoms with Crippen molar-refractivity contribution >= 4 is 41.5 Å². The van der Waals surface area contributed by atoms with Crippen LogP contribution in [0.25, 0.3) is 0 Å². The van der Waals surface area contributed by atoms with Crippen LogP contribution in [0, 0.1) is 0 Å². The molecule has 43 heavy (non-hydrogen) atoms. The molecule has 2 N–H and O–H groups in total. The van der Waals surface area contributed by atoms with E-state index in [2.05, 4.69) is 13.8 Å². The summed E-state index contributed by atoms with van der Waals surface area (Å²) in [5.74, 6) is -1.34.